The van der Waals surface area contributed by atoms with Gasteiger partial charge in [0.1, 0.15) is 5.75 Å². The predicted molar refractivity (Wildman–Crippen MR) is 101 cm³/mol. The maximum Gasteiger partial charge on any atom is 0.261 e. The minimum absolute atomic E-state index is 0.159. The van der Waals surface area contributed by atoms with Crippen molar-refractivity contribution in [2.75, 3.05) is 11.3 Å². The van der Waals surface area contributed by atoms with Crippen molar-refractivity contribution in [3.63, 3.8) is 0 Å². The molecule has 26 heavy (non-hydrogen) atoms. The second-order valence-corrected chi connectivity index (χ2v) is 7.68. The number of ether oxygens (including phenoxy) is 1. The first kappa shape index (κ1) is 18.3. The minimum Gasteiger partial charge on any atom is -0.494 e. The Morgan fingerprint density at radius 1 is 1.12 bits per heavy atom. The van der Waals surface area contributed by atoms with E-state index in [0.717, 1.165) is 5.56 Å². The molecule has 1 heterocycles. The van der Waals surface area contributed by atoms with Crippen molar-refractivity contribution in [2.45, 2.75) is 18.4 Å². The van der Waals surface area contributed by atoms with Gasteiger partial charge >= 0.3 is 0 Å². The summed E-state index contributed by atoms with van der Waals surface area (Å²) in [6, 6.07) is 13.7. The molecule has 136 valence electrons. The van der Waals surface area contributed by atoms with Gasteiger partial charge in [-0.3, -0.25) is 9.40 Å². The van der Waals surface area contributed by atoms with Crippen LogP contribution in [-0.4, -0.2) is 24.8 Å². The first-order valence-electron chi connectivity index (χ1n) is 7.99. The molecule has 0 aliphatic heterocycles. The molecule has 0 unspecified atom stereocenters. The van der Waals surface area contributed by atoms with Gasteiger partial charge in [-0.2, -0.15) is 5.10 Å². The van der Waals surface area contributed by atoms with Crippen LogP contribution in [0.4, 0.5) is 5.69 Å². The topological polar surface area (TPSA) is 73.2 Å². The summed E-state index contributed by atoms with van der Waals surface area (Å²) in [7, 11) is -3.69. The number of anilines is 1. The number of hydrogen-bond donors (Lipinski definition) is 1. The fourth-order valence-electron chi connectivity index (χ4n) is 2.38. The van der Waals surface area contributed by atoms with E-state index in [0.29, 0.717) is 29.6 Å². The highest BCUT2D eigenvalue weighted by Crippen LogP contribution is 2.19. The molecule has 6 nitrogen and oxygen atoms in total. The Bertz CT molecular complexity index is 968. The Hall–Kier alpha value is -2.51. The van der Waals surface area contributed by atoms with Crippen LogP contribution in [0.15, 0.2) is 65.8 Å². The summed E-state index contributed by atoms with van der Waals surface area (Å²) in [5.74, 6) is 0.627. The number of rotatable bonds is 7. The van der Waals surface area contributed by atoms with E-state index in [-0.39, 0.29) is 4.90 Å². The molecule has 0 saturated carbocycles. The van der Waals surface area contributed by atoms with E-state index in [9.17, 15) is 8.42 Å². The fraction of sp³-hybridized carbons (Fsp3) is 0.167. The fourth-order valence-corrected chi connectivity index (χ4v) is 3.53. The average Bonchev–Trinajstić information content (AvgIpc) is 3.04. The van der Waals surface area contributed by atoms with Gasteiger partial charge in [0.05, 0.1) is 29.9 Å². The maximum atomic E-state index is 12.5. The van der Waals surface area contributed by atoms with Crippen molar-refractivity contribution in [3.05, 3.63) is 71.5 Å². The number of nitrogens with one attached hydrogen (secondary N) is 1. The monoisotopic (exact) mass is 391 g/mol. The lowest BCUT2D eigenvalue weighted by atomic mass is 10.2. The standard InChI is InChI=1S/C18H18ClN3O3S/c1-2-25-17-7-9-18(10-8-17)26(23,24)21-16-11-20-22(13-16)12-14-3-5-15(19)6-4-14/h3-11,13,21H,2,12H2,1H3. The van der Waals surface area contributed by atoms with Crippen LogP contribution in [0.1, 0.15) is 12.5 Å². The quantitative estimate of drug-likeness (QED) is 0.665. The normalized spacial score (nSPS) is 11.3. The van der Waals surface area contributed by atoms with E-state index in [1.807, 2.05) is 19.1 Å². The Morgan fingerprint density at radius 3 is 2.46 bits per heavy atom. The van der Waals surface area contributed by atoms with Crippen LogP contribution in [0.3, 0.4) is 0 Å². The molecule has 0 fully saturated rings. The van der Waals surface area contributed by atoms with Gasteiger partial charge in [0.2, 0.25) is 0 Å². The molecule has 2 aromatic carbocycles. The minimum atomic E-state index is -3.69. The average molecular weight is 392 g/mol. The zero-order valence-electron chi connectivity index (χ0n) is 14.1. The van der Waals surface area contributed by atoms with Crippen LogP contribution >= 0.6 is 11.6 Å². The Morgan fingerprint density at radius 2 is 1.81 bits per heavy atom. The predicted octanol–water partition coefficient (Wildman–Crippen LogP) is 3.78. The summed E-state index contributed by atoms with van der Waals surface area (Å²) in [6.07, 6.45) is 3.11. The van der Waals surface area contributed by atoms with Crippen LogP contribution in [0.2, 0.25) is 5.02 Å². The number of aromatic nitrogens is 2. The SMILES string of the molecule is CCOc1ccc(S(=O)(=O)Nc2cnn(Cc3ccc(Cl)cc3)c2)cc1. The summed E-state index contributed by atoms with van der Waals surface area (Å²) in [5, 5.41) is 4.85. The van der Waals surface area contributed by atoms with Crippen LogP contribution in [-0.2, 0) is 16.6 Å². The molecule has 3 rings (SSSR count). The zero-order chi connectivity index (χ0) is 18.6. The smallest absolute Gasteiger partial charge is 0.261 e. The lowest BCUT2D eigenvalue weighted by Crippen LogP contribution is -2.12. The van der Waals surface area contributed by atoms with E-state index in [1.165, 1.54) is 18.3 Å². The van der Waals surface area contributed by atoms with Gasteiger partial charge in [0.25, 0.3) is 10.0 Å². The molecule has 0 amide bonds. The molecule has 8 heteroatoms. The van der Waals surface area contributed by atoms with Gasteiger partial charge in [0.15, 0.2) is 0 Å². The summed E-state index contributed by atoms with van der Waals surface area (Å²) in [4.78, 5) is 0.159. The van der Waals surface area contributed by atoms with Gasteiger partial charge < -0.3 is 4.74 Å². The van der Waals surface area contributed by atoms with Gasteiger partial charge in [-0.15, -0.1) is 0 Å². The van der Waals surface area contributed by atoms with Crippen molar-refractivity contribution in [2.24, 2.45) is 0 Å². The summed E-state index contributed by atoms with van der Waals surface area (Å²) in [5.41, 5.74) is 1.41. The Kier molecular flexibility index (Phi) is 5.49. The van der Waals surface area contributed by atoms with E-state index in [2.05, 4.69) is 9.82 Å². The molecule has 1 N–H and O–H groups in total. The molecule has 0 spiro atoms. The van der Waals surface area contributed by atoms with Gasteiger partial charge in [-0.05, 0) is 48.9 Å². The number of halogens is 1. The second kappa shape index (κ2) is 7.80. The number of nitrogens with zero attached hydrogens (tertiary/aromatic N) is 2. The van der Waals surface area contributed by atoms with Crippen molar-refractivity contribution in [1.29, 1.82) is 0 Å². The summed E-state index contributed by atoms with van der Waals surface area (Å²) < 4.78 is 34.4. The molecule has 0 aliphatic carbocycles. The van der Waals surface area contributed by atoms with E-state index >= 15 is 0 Å². The van der Waals surface area contributed by atoms with E-state index < -0.39 is 10.0 Å². The van der Waals surface area contributed by atoms with E-state index in [4.69, 9.17) is 16.3 Å². The lowest BCUT2D eigenvalue weighted by molar-refractivity contribution is 0.340. The Labute approximate surface area is 157 Å². The van der Waals surface area contributed by atoms with Gasteiger partial charge in [0, 0.05) is 11.2 Å². The molecular weight excluding hydrogens is 374 g/mol. The second-order valence-electron chi connectivity index (χ2n) is 5.56. The van der Waals surface area contributed by atoms with Gasteiger partial charge in [-0.1, -0.05) is 23.7 Å². The highest BCUT2D eigenvalue weighted by molar-refractivity contribution is 7.92. The third kappa shape index (κ3) is 4.56. The highest BCUT2D eigenvalue weighted by Gasteiger charge is 2.15. The van der Waals surface area contributed by atoms with Crippen LogP contribution in [0.25, 0.3) is 0 Å². The Balaban J connectivity index is 1.70. The molecule has 0 bridgehead atoms. The van der Waals surface area contributed by atoms with Gasteiger partial charge in [-0.25, -0.2) is 8.42 Å². The molecular formula is C18H18ClN3O3S. The zero-order valence-corrected chi connectivity index (χ0v) is 15.7. The molecule has 0 radical (unpaired) electrons. The molecule has 0 atom stereocenters. The maximum absolute atomic E-state index is 12.5. The largest absolute Gasteiger partial charge is 0.494 e. The highest BCUT2D eigenvalue weighted by atomic mass is 35.5. The van der Waals surface area contributed by atoms with Crippen LogP contribution < -0.4 is 9.46 Å². The van der Waals surface area contributed by atoms with Crippen LogP contribution in [0.5, 0.6) is 5.75 Å². The van der Waals surface area contributed by atoms with Crippen molar-refractivity contribution in [3.8, 4) is 5.75 Å². The molecule has 0 aliphatic rings. The van der Waals surface area contributed by atoms with Crippen molar-refractivity contribution in [1.82, 2.24) is 9.78 Å². The number of benzene rings is 2. The molecule has 0 saturated heterocycles. The third-order valence-electron chi connectivity index (χ3n) is 3.59. The van der Waals surface area contributed by atoms with E-state index in [1.54, 1.807) is 35.1 Å². The number of hydrogen-bond acceptors (Lipinski definition) is 4. The lowest BCUT2D eigenvalue weighted by Gasteiger charge is -2.07. The first-order chi connectivity index (χ1) is 12.5. The third-order valence-corrected chi connectivity index (χ3v) is 5.24. The number of sulfonamides is 1. The summed E-state index contributed by atoms with van der Waals surface area (Å²) >= 11 is 5.87. The van der Waals surface area contributed by atoms with Crippen LogP contribution in [0, 0.1) is 0 Å². The molecule has 1 aromatic heterocycles. The van der Waals surface area contributed by atoms with Crippen molar-refractivity contribution < 1.29 is 13.2 Å². The summed E-state index contributed by atoms with van der Waals surface area (Å²) in [6.45, 7) is 2.91. The first-order valence-corrected chi connectivity index (χ1v) is 9.85. The van der Waals surface area contributed by atoms with Crippen molar-refractivity contribution >= 4 is 27.3 Å². The molecule has 3 aromatic rings.